The van der Waals surface area contributed by atoms with E-state index >= 15 is 0 Å². The van der Waals surface area contributed by atoms with E-state index in [9.17, 15) is 9.59 Å². The van der Waals surface area contributed by atoms with Gasteiger partial charge in [0.2, 0.25) is 0 Å². The zero-order chi connectivity index (χ0) is 27.1. The van der Waals surface area contributed by atoms with Gasteiger partial charge >= 0.3 is 5.97 Å². The van der Waals surface area contributed by atoms with Gasteiger partial charge in [0.25, 0.3) is 5.91 Å². The number of carbonyl (C=O) groups is 2. The fraction of sp³-hybridized carbons (Fsp3) is 0.179. The van der Waals surface area contributed by atoms with Gasteiger partial charge in [-0.1, -0.05) is 58.7 Å². The highest BCUT2D eigenvalue weighted by molar-refractivity contribution is 6.35. The number of nitrogens with one attached hydrogen (secondary N) is 1. The van der Waals surface area contributed by atoms with E-state index in [0.717, 1.165) is 5.56 Å². The average Bonchev–Trinajstić information content (AvgIpc) is 3.37. The molecule has 0 aliphatic carbocycles. The molecule has 3 aromatic carbocycles. The highest BCUT2D eigenvalue weighted by atomic mass is 35.5. The summed E-state index contributed by atoms with van der Waals surface area (Å²) in [4.78, 5) is 24.8. The van der Waals surface area contributed by atoms with Crippen molar-refractivity contribution in [2.45, 2.75) is 6.92 Å². The third kappa shape index (κ3) is 6.45. The highest BCUT2D eigenvalue weighted by Crippen LogP contribution is 2.34. The lowest BCUT2D eigenvalue weighted by atomic mass is 10.00. The number of amides is 1. The maximum atomic E-state index is 13.4. The quantitative estimate of drug-likeness (QED) is 0.190. The predicted molar refractivity (Wildman–Crippen MR) is 144 cm³/mol. The Morgan fingerprint density at radius 1 is 0.947 bits per heavy atom. The molecule has 0 aliphatic heterocycles. The van der Waals surface area contributed by atoms with Crippen molar-refractivity contribution in [2.75, 3.05) is 26.9 Å². The summed E-state index contributed by atoms with van der Waals surface area (Å²) in [5.74, 6) is 0.442. The van der Waals surface area contributed by atoms with Crippen LogP contribution in [0.25, 0.3) is 22.6 Å². The Morgan fingerprint density at radius 3 is 2.42 bits per heavy atom. The standard InChI is InChI=1S/C28H24Cl2N2O6/c1-17-14-19(8-10-22(17)37-16-24(33)35-2)26-25(27(38-32-26)18-6-4-3-5-7-18)28(34)31-12-13-36-23-11-9-20(29)15-21(23)30/h3-11,14-15H,12-13,16H2,1-2H3,(H,31,34). The lowest BCUT2D eigenvalue weighted by Gasteiger charge is -2.11. The van der Waals surface area contributed by atoms with Crippen LogP contribution in [0.5, 0.6) is 11.5 Å². The summed E-state index contributed by atoms with van der Waals surface area (Å²) in [5, 5.41) is 7.97. The largest absolute Gasteiger partial charge is 0.490 e. The van der Waals surface area contributed by atoms with Crippen molar-refractivity contribution in [3.05, 3.63) is 87.9 Å². The van der Waals surface area contributed by atoms with Gasteiger partial charge in [-0.3, -0.25) is 4.79 Å². The number of hydrogen-bond acceptors (Lipinski definition) is 7. The minimum atomic E-state index is -0.487. The Hall–Kier alpha value is -4.01. The molecule has 10 heteroatoms. The summed E-state index contributed by atoms with van der Waals surface area (Å²) in [7, 11) is 1.29. The minimum absolute atomic E-state index is 0.180. The molecule has 196 valence electrons. The molecule has 0 aliphatic rings. The number of nitrogens with zero attached hydrogens (tertiary/aromatic N) is 1. The number of methoxy groups -OCH3 is 1. The predicted octanol–water partition coefficient (Wildman–Crippen LogP) is 5.98. The number of ether oxygens (including phenoxy) is 3. The molecular formula is C28H24Cl2N2O6. The van der Waals surface area contributed by atoms with Crippen LogP contribution in [0.15, 0.2) is 71.3 Å². The molecule has 1 amide bonds. The van der Waals surface area contributed by atoms with Gasteiger partial charge in [-0.05, 0) is 48.9 Å². The smallest absolute Gasteiger partial charge is 0.343 e. The maximum Gasteiger partial charge on any atom is 0.343 e. The molecule has 8 nitrogen and oxygen atoms in total. The monoisotopic (exact) mass is 554 g/mol. The molecule has 0 unspecified atom stereocenters. The van der Waals surface area contributed by atoms with Crippen LogP contribution in [0.4, 0.5) is 0 Å². The number of carbonyl (C=O) groups excluding carboxylic acids is 2. The molecule has 0 saturated carbocycles. The molecule has 4 rings (SSSR count). The number of benzene rings is 3. The van der Waals surface area contributed by atoms with Gasteiger partial charge in [0.15, 0.2) is 12.4 Å². The highest BCUT2D eigenvalue weighted by Gasteiger charge is 2.25. The second-order valence-electron chi connectivity index (χ2n) is 8.13. The van der Waals surface area contributed by atoms with Crippen molar-refractivity contribution in [1.82, 2.24) is 10.5 Å². The second-order valence-corrected chi connectivity index (χ2v) is 8.97. The summed E-state index contributed by atoms with van der Waals surface area (Å²) >= 11 is 12.1. The van der Waals surface area contributed by atoms with Crippen molar-refractivity contribution in [1.29, 1.82) is 0 Å². The molecule has 1 N–H and O–H groups in total. The molecule has 1 heterocycles. The Bertz CT molecular complexity index is 1440. The molecule has 0 bridgehead atoms. The van der Waals surface area contributed by atoms with Crippen LogP contribution >= 0.6 is 23.2 Å². The lowest BCUT2D eigenvalue weighted by molar-refractivity contribution is -0.142. The second kappa shape index (κ2) is 12.5. The van der Waals surface area contributed by atoms with E-state index in [1.165, 1.54) is 7.11 Å². The van der Waals surface area contributed by atoms with Crippen LogP contribution in [-0.4, -0.2) is 43.9 Å². The molecule has 4 aromatic rings. The molecule has 38 heavy (non-hydrogen) atoms. The first-order valence-corrected chi connectivity index (χ1v) is 12.3. The normalized spacial score (nSPS) is 10.6. The topological polar surface area (TPSA) is 99.9 Å². The number of rotatable bonds is 10. The van der Waals surface area contributed by atoms with E-state index in [1.807, 2.05) is 43.3 Å². The minimum Gasteiger partial charge on any atom is -0.490 e. The molecule has 0 fully saturated rings. The van der Waals surface area contributed by atoms with E-state index in [4.69, 9.17) is 37.2 Å². The number of esters is 1. The third-order valence-corrected chi connectivity index (χ3v) is 6.05. The van der Waals surface area contributed by atoms with Gasteiger partial charge in [0.1, 0.15) is 29.4 Å². The first kappa shape index (κ1) is 27.0. The summed E-state index contributed by atoms with van der Waals surface area (Å²) in [6, 6.07) is 19.4. The van der Waals surface area contributed by atoms with Crippen LogP contribution in [0, 0.1) is 6.92 Å². The Balaban J connectivity index is 1.55. The first-order valence-electron chi connectivity index (χ1n) is 11.6. The van der Waals surface area contributed by atoms with Crippen molar-refractivity contribution in [2.24, 2.45) is 0 Å². The van der Waals surface area contributed by atoms with Crippen LogP contribution in [0.3, 0.4) is 0 Å². The number of aromatic nitrogens is 1. The van der Waals surface area contributed by atoms with Gasteiger partial charge in [0.05, 0.1) is 18.7 Å². The van der Waals surface area contributed by atoms with Gasteiger partial charge in [-0.15, -0.1) is 0 Å². The number of hydrogen-bond donors (Lipinski definition) is 1. The summed E-state index contributed by atoms with van der Waals surface area (Å²) < 4.78 is 21.5. The van der Waals surface area contributed by atoms with E-state index < -0.39 is 5.97 Å². The summed E-state index contributed by atoms with van der Waals surface area (Å²) in [6.07, 6.45) is 0. The zero-order valence-corrected chi connectivity index (χ0v) is 22.1. The number of aryl methyl sites for hydroxylation is 1. The first-order chi connectivity index (χ1) is 18.4. The Morgan fingerprint density at radius 2 is 1.71 bits per heavy atom. The van der Waals surface area contributed by atoms with E-state index in [0.29, 0.717) is 44.1 Å². The van der Waals surface area contributed by atoms with Crippen molar-refractivity contribution in [3.8, 4) is 34.1 Å². The molecule has 0 spiro atoms. The van der Waals surface area contributed by atoms with Gasteiger partial charge in [-0.2, -0.15) is 0 Å². The van der Waals surface area contributed by atoms with Gasteiger partial charge < -0.3 is 24.1 Å². The van der Waals surface area contributed by atoms with Crippen molar-refractivity contribution < 1.29 is 28.3 Å². The maximum absolute atomic E-state index is 13.4. The van der Waals surface area contributed by atoms with E-state index in [2.05, 4.69) is 15.2 Å². The van der Waals surface area contributed by atoms with Crippen LogP contribution < -0.4 is 14.8 Å². The van der Waals surface area contributed by atoms with Crippen LogP contribution in [0.2, 0.25) is 10.0 Å². The van der Waals surface area contributed by atoms with Gasteiger partial charge in [-0.25, -0.2) is 4.79 Å². The Labute approximate surface area is 229 Å². The van der Waals surface area contributed by atoms with Crippen LogP contribution in [-0.2, 0) is 9.53 Å². The zero-order valence-electron chi connectivity index (χ0n) is 20.6. The lowest BCUT2D eigenvalue weighted by Crippen LogP contribution is -2.28. The number of halogens is 2. The summed E-state index contributed by atoms with van der Waals surface area (Å²) in [6.45, 7) is 2.00. The van der Waals surface area contributed by atoms with Crippen molar-refractivity contribution in [3.63, 3.8) is 0 Å². The SMILES string of the molecule is COC(=O)COc1ccc(-c2noc(-c3ccccc3)c2C(=O)NCCOc2ccc(Cl)cc2Cl)cc1C. The third-order valence-electron chi connectivity index (χ3n) is 5.52. The van der Waals surface area contributed by atoms with Crippen LogP contribution in [0.1, 0.15) is 15.9 Å². The van der Waals surface area contributed by atoms with Gasteiger partial charge in [0, 0.05) is 16.1 Å². The molecule has 0 saturated heterocycles. The average molecular weight is 555 g/mol. The Kier molecular flexibility index (Phi) is 8.89. The van der Waals surface area contributed by atoms with E-state index in [1.54, 1.807) is 30.3 Å². The molecule has 0 atom stereocenters. The van der Waals surface area contributed by atoms with E-state index in [-0.39, 0.29) is 31.2 Å². The molecule has 1 aromatic heterocycles. The fourth-order valence-corrected chi connectivity index (χ4v) is 4.11. The molecule has 0 radical (unpaired) electrons. The summed E-state index contributed by atoms with van der Waals surface area (Å²) in [5.41, 5.74) is 2.74. The molecular weight excluding hydrogens is 531 g/mol. The van der Waals surface area contributed by atoms with Crippen molar-refractivity contribution >= 4 is 35.1 Å². The fourth-order valence-electron chi connectivity index (χ4n) is 3.64.